The van der Waals surface area contributed by atoms with Crippen molar-refractivity contribution < 1.29 is 19.1 Å². The number of hydrogen-bond donors (Lipinski definition) is 0. The molecule has 0 atom stereocenters. The molecule has 1 fully saturated rings. The number of unbranched alkanes of at least 4 members (excludes halogenated alkanes) is 1. The minimum Gasteiger partial charge on any atom is -0.431 e. The number of carbonyl (C=O) groups is 2. The Morgan fingerprint density at radius 2 is 1.88 bits per heavy atom. The number of rotatable bonds is 4. The molecule has 0 aromatic carbocycles. The molecule has 0 radical (unpaired) electrons. The number of esters is 1. The second kappa shape index (κ2) is 7.25. The van der Waals surface area contributed by atoms with Crippen molar-refractivity contribution in [2.45, 2.75) is 64.4 Å². The maximum absolute atomic E-state index is 11.2. The van der Waals surface area contributed by atoms with Gasteiger partial charge in [0.25, 0.3) is 0 Å². The molecule has 0 aromatic heterocycles. The predicted molar refractivity (Wildman–Crippen MR) is 59.0 cm³/mol. The van der Waals surface area contributed by atoms with Gasteiger partial charge < -0.3 is 9.47 Å². The van der Waals surface area contributed by atoms with E-state index in [9.17, 15) is 9.59 Å². The second-order valence-electron chi connectivity index (χ2n) is 4.21. The fourth-order valence-corrected chi connectivity index (χ4v) is 1.81. The fraction of sp³-hybridized carbons (Fsp3) is 0.833. The van der Waals surface area contributed by atoms with Crippen LogP contribution in [0, 0.1) is 0 Å². The molecule has 1 aliphatic carbocycles. The van der Waals surface area contributed by atoms with Crippen LogP contribution in [-0.2, 0) is 14.3 Å². The molecule has 0 heterocycles. The third kappa shape index (κ3) is 5.14. The van der Waals surface area contributed by atoms with Crippen LogP contribution in [0.1, 0.15) is 58.3 Å². The molecule has 92 valence electrons. The third-order valence-corrected chi connectivity index (χ3v) is 2.75. The SMILES string of the molecule is CCCCC(=O)OC(=O)OC1CCCCC1. The Labute approximate surface area is 96.3 Å². The molecule has 4 nitrogen and oxygen atoms in total. The molecule has 0 unspecified atom stereocenters. The van der Waals surface area contributed by atoms with Crippen LogP contribution in [-0.4, -0.2) is 18.2 Å². The summed E-state index contributed by atoms with van der Waals surface area (Å²) in [5.41, 5.74) is 0. The minimum absolute atomic E-state index is 0.0553. The first kappa shape index (κ1) is 13.0. The molecular weight excluding hydrogens is 208 g/mol. The molecule has 1 rings (SSSR count). The zero-order chi connectivity index (χ0) is 11.8. The first-order valence-electron chi connectivity index (χ1n) is 6.13. The summed E-state index contributed by atoms with van der Waals surface area (Å²) in [6, 6.07) is 0. The van der Waals surface area contributed by atoms with Crippen molar-refractivity contribution in [3.63, 3.8) is 0 Å². The summed E-state index contributed by atoms with van der Waals surface area (Å²) in [5.74, 6) is -0.484. The van der Waals surface area contributed by atoms with E-state index in [1.807, 2.05) is 6.92 Å². The van der Waals surface area contributed by atoms with Crippen molar-refractivity contribution in [2.24, 2.45) is 0 Å². The molecule has 0 spiro atoms. The zero-order valence-corrected chi connectivity index (χ0v) is 9.87. The Kier molecular flexibility index (Phi) is 5.90. The van der Waals surface area contributed by atoms with Gasteiger partial charge in [-0.05, 0) is 32.1 Å². The van der Waals surface area contributed by atoms with E-state index in [2.05, 4.69) is 4.74 Å². The van der Waals surface area contributed by atoms with E-state index in [0.29, 0.717) is 0 Å². The third-order valence-electron chi connectivity index (χ3n) is 2.75. The van der Waals surface area contributed by atoms with Crippen LogP contribution in [0.3, 0.4) is 0 Å². The molecule has 0 bridgehead atoms. The summed E-state index contributed by atoms with van der Waals surface area (Å²) in [5, 5.41) is 0. The van der Waals surface area contributed by atoms with E-state index in [1.165, 1.54) is 6.42 Å². The van der Waals surface area contributed by atoms with Gasteiger partial charge in [0.1, 0.15) is 6.10 Å². The number of hydrogen-bond acceptors (Lipinski definition) is 4. The summed E-state index contributed by atoms with van der Waals surface area (Å²) in [7, 11) is 0. The highest BCUT2D eigenvalue weighted by Gasteiger charge is 2.20. The van der Waals surface area contributed by atoms with Crippen molar-refractivity contribution in [3.8, 4) is 0 Å². The molecule has 16 heavy (non-hydrogen) atoms. The van der Waals surface area contributed by atoms with Crippen molar-refractivity contribution in [2.75, 3.05) is 0 Å². The number of ether oxygens (including phenoxy) is 2. The first-order valence-corrected chi connectivity index (χ1v) is 6.13. The van der Waals surface area contributed by atoms with Gasteiger partial charge in [0.15, 0.2) is 0 Å². The van der Waals surface area contributed by atoms with Crippen LogP contribution >= 0.6 is 0 Å². The first-order chi connectivity index (χ1) is 7.72. The highest BCUT2D eigenvalue weighted by molar-refractivity contribution is 5.81. The van der Waals surface area contributed by atoms with Crippen molar-refractivity contribution >= 4 is 12.1 Å². The molecule has 0 aliphatic heterocycles. The van der Waals surface area contributed by atoms with E-state index in [1.54, 1.807) is 0 Å². The lowest BCUT2D eigenvalue weighted by atomic mass is 9.98. The molecule has 0 aromatic rings. The van der Waals surface area contributed by atoms with E-state index < -0.39 is 12.1 Å². The summed E-state index contributed by atoms with van der Waals surface area (Å²) < 4.78 is 9.62. The van der Waals surface area contributed by atoms with E-state index in [0.717, 1.165) is 38.5 Å². The van der Waals surface area contributed by atoms with Gasteiger partial charge in [-0.3, -0.25) is 4.79 Å². The average molecular weight is 228 g/mol. The number of carbonyl (C=O) groups excluding carboxylic acids is 2. The van der Waals surface area contributed by atoms with E-state index >= 15 is 0 Å². The molecule has 4 heteroatoms. The molecule has 0 amide bonds. The standard InChI is InChI=1S/C12H20O4/c1-2-3-9-11(13)16-12(14)15-10-7-5-4-6-8-10/h10H,2-9H2,1H3. The Balaban J connectivity index is 2.16. The van der Waals surface area contributed by atoms with Gasteiger partial charge in [-0.1, -0.05) is 19.8 Å². The van der Waals surface area contributed by atoms with Gasteiger partial charge >= 0.3 is 12.1 Å². The minimum atomic E-state index is -0.826. The lowest BCUT2D eigenvalue weighted by Gasteiger charge is -2.20. The quantitative estimate of drug-likeness (QED) is 0.547. The van der Waals surface area contributed by atoms with Crippen molar-refractivity contribution in [1.82, 2.24) is 0 Å². The molecule has 0 saturated heterocycles. The predicted octanol–water partition coefficient (Wildman–Crippen LogP) is 3.19. The van der Waals surface area contributed by atoms with Crippen LogP contribution in [0.2, 0.25) is 0 Å². The second-order valence-corrected chi connectivity index (χ2v) is 4.21. The highest BCUT2D eigenvalue weighted by atomic mass is 16.7. The van der Waals surface area contributed by atoms with Gasteiger partial charge in [0.05, 0.1) is 0 Å². The lowest BCUT2D eigenvalue weighted by Crippen LogP contribution is -2.23. The van der Waals surface area contributed by atoms with Crippen LogP contribution in [0.4, 0.5) is 4.79 Å². The van der Waals surface area contributed by atoms with Crippen LogP contribution in [0.25, 0.3) is 0 Å². The maximum Gasteiger partial charge on any atom is 0.516 e. The van der Waals surface area contributed by atoms with Crippen molar-refractivity contribution in [1.29, 1.82) is 0 Å². The van der Waals surface area contributed by atoms with Gasteiger partial charge in [0.2, 0.25) is 0 Å². The topological polar surface area (TPSA) is 52.6 Å². The summed E-state index contributed by atoms with van der Waals surface area (Å²) >= 11 is 0. The summed E-state index contributed by atoms with van der Waals surface area (Å²) in [6.45, 7) is 1.98. The maximum atomic E-state index is 11.2. The summed E-state index contributed by atoms with van der Waals surface area (Å²) in [6.07, 6.45) is 6.20. The van der Waals surface area contributed by atoms with Gasteiger partial charge in [0, 0.05) is 6.42 Å². The monoisotopic (exact) mass is 228 g/mol. The fourth-order valence-electron chi connectivity index (χ4n) is 1.81. The smallest absolute Gasteiger partial charge is 0.431 e. The van der Waals surface area contributed by atoms with Crippen LogP contribution < -0.4 is 0 Å². The Bertz CT molecular complexity index is 231. The molecular formula is C12H20O4. The normalized spacial score (nSPS) is 16.8. The van der Waals surface area contributed by atoms with E-state index in [4.69, 9.17) is 4.74 Å². The lowest BCUT2D eigenvalue weighted by molar-refractivity contribution is -0.140. The Hall–Kier alpha value is -1.06. The highest BCUT2D eigenvalue weighted by Crippen LogP contribution is 2.20. The van der Waals surface area contributed by atoms with Crippen LogP contribution in [0.15, 0.2) is 0 Å². The molecule has 1 saturated carbocycles. The largest absolute Gasteiger partial charge is 0.516 e. The van der Waals surface area contributed by atoms with Gasteiger partial charge in [-0.2, -0.15) is 0 Å². The summed E-state index contributed by atoms with van der Waals surface area (Å²) in [4.78, 5) is 22.4. The Morgan fingerprint density at radius 3 is 2.50 bits per heavy atom. The molecule has 1 aliphatic rings. The molecule has 0 N–H and O–H groups in total. The van der Waals surface area contributed by atoms with Gasteiger partial charge in [-0.15, -0.1) is 0 Å². The zero-order valence-electron chi connectivity index (χ0n) is 9.87. The van der Waals surface area contributed by atoms with Crippen LogP contribution in [0.5, 0.6) is 0 Å². The van der Waals surface area contributed by atoms with Crippen molar-refractivity contribution in [3.05, 3.63) is 0 Å². The van der Waals surface area contributed by atoms with E-state index in [-0.39, 0.29) is 12.5 Å². The Morgan fingerprint density at radius 1 is 1.19 bits per heavy atom. The van der Waals surface area contributed by atoms with Gasteiger partial charge in [-0.25, -0.2) is 4.79 Å². The average Bonchev–Trinajstić information content (AvgIpc) is 2.27.